The second-order valence-corrected chi connectivity index (χ2v) is 2.94. The molecule has 82 valence electrons. The van der Waals surface area contributed by atoms with Crippen LogP contribution in [0.15, 0.2) is 12.5 Å². The van der Waals surface area contributed by atoms with Gasteiger partial charge in [0.1, 0.15) is 6.20 Å². The number of nitrogens with zero attached hydrogens (tertiary/aromatic N) is 3. The van der Waals surface area contributed by atoms with Gasteiger partial charge in [-0.05, 0) is 9.91 Å². The van der Waals surface area contributed by atoms with Crippen molar-refractivity contribution in [2.45, 2.75) is 19.1 Å². The minimum Gasteiger partial charge on any atom is -0.481 e. The van der Waals surface area contributed by atoms with Crippen molar-refractivity contribution in [3.8, 4) is 0 Å². The first-order valence-electron chi connectivity index (χ1n) is 4.05. The monoisotopic (exact) mass is 215 g/mol. The molecule has 0 bridgehead atoms. The Kier molecular flexibility index (Phi) is 3.34. The number of aliphatic hydroxyl groups excluding tert-OH is 1. The third kappa shape index (κ3) is 3.35. The summed E-state index contributed by atoms with van der Waals surface area (Å²) in [5.41, 5.74) is 0. The van der Waals surface area contributed by atoms with E-state index in [1.807, 2.05) is 0 Å². The Balaban J connectivity index is 2.57. The fourth-order valence-electron chi connectivity index (χ4n) is 1.05. The van der Waals surface area contributed by atoms with Gasteiger partial charge in [-0.25, -0.2) is 0 Å². The zero-order chi connectivity index (χ0) is 11.4. The number of hydrogen-bond acceptors (Lipinski definition) is 5. The smallest absolute Gasteiger partial charge is 0.381 e. The maximum atomic E-state index is 10.3. The number of carboxylic acid groups (broad SMARTS) is 1. The van der Waals surface area contributed by atoms with Crippen molar-refractivity contribution >= 4 is 11.8 Å². The van der Waals surface area contributed by atoms with Crippen LogP contribution in [0, 0.1) is 10.1 Å². The van der Waals surface area contributed by atoms with Gasteiger partial charge in [0.05, 0.1) is 19.1 Å². The van der Waals surface area contributed by atoms with Crippen molar-refractivity contribution in [3.63, 3.8) is 0 Å². The summed E-state index contributed by atoms with van der Waals surface area (Å²) < 4.78 is 1.27. The number of aliphatic hydroxyl groups is 1. The molecule has 0 fully saturated rings. The number of carbonyl (C=O) groups is 1. The molecule has 2 N–H and O–H groups in total. The summed E-state index contributed by atoms with van der Waals surface area (Å²) in [5, 5.41) is 27.8. The van der Waals surface area contributed by atoms with Crippen LogP contribution >= 0.6 is 0 Å². The molecular formula is C7H9N3O5. The summed E-state index contributed by atoms with van der Waals surface area (Å²) in [6.45, 7) is -0.0346. The molecule has 1 atom stereocenters. The summed E-state index contributed by atoms with van der Waals surface area (Å²) >= 11 is 0. The normalized spacial score (nSPS) is 12.3. The quantitative estimate of drug-likeness (QED) is 0.510. The molecule has 1 heterocycles. The third-order valence-corrected chi connectivity index (χ3v) is 1.64. The summed E-state index contributed by atoms with van der Waals surface area (Å²) in [4.78, 5) is 23.3. The minimum absolute atomic E-state index is 0.0346. The van der Waals surface area contributed by atoms with Crippen molar-refractivity contribution in [1.29, 1.82) is 0 Å². The van der Waals surface area contributed by atoms with Gasteiger partial charge in [-0.2, -0.15) is 0 Å². The molecule has 1 aromatic rings. The first-order chi connectivity index (χ1) is 6.99. The lowest BCUT2D eigenvalue weighted by Gasteiger charge is -2.06. The van der Waals surface area contributed by atoms with Crippen LogP contribution in [0.2, 0.25) is 0 Å². The highest BCUT2D eigenvalue weighted by molar-refractivity contribution is 5.67. The molecule has 0 aliphatic carbocycles. The Morgan fingerprint density at radius 1 is 1.73 bits per heavy atom. The van der Waals surface area contributed by atoms with Gasteiger partial charge >= 0.3 is 11.8 Å². The Labute approximate surface area is 83.9 Å². The van der Waals surface area contributed by atoms with E-state index >= 15 is 0 Å². The SMILES string of the molecule is O=C(O)CC(O)Cn1cnc([N+](=O)[O-])c1. The molecule has 0 aromatic carbocycles. The van der Waals surface area contributed by atoms with Crippen molar-refractivity contribution in [2.24, 2.45) is 0 Å². The molecule has 0 aliphatic heterocycles. The average Bonchev–Trinajstić information content (AvgIpc) is 2.50. The van der Waals surface area contributed by atoms with Crippen LogP contribution < -0.4 is 0 Å². The number of rotatable bonds is 5. The van der Waals surface area contributed by atoms with Crippen LogP contribution in [-0.2, 0) is 11.3 Å². The predicted molar refractivity (Wildman–Crippen MR) is 47.1 cm³/mol. The Morgan fingerprint density at radius 2 is 2.40 bits per heavy atom. The Hall–Kier alpha value is -1.96. The molecule has 1 rings (SSSR count). The molecule has 0 amide bonds. The second-order valence-electron chi connectivity index (χ2n) is 2.94. The Bertz CT molecular complexity index is 374. The molecule has 0 saturated carbocycles. The number of nitro groups is 1. The zero-order valence-corrected chi connectivity index (χ0v) is 7.61. The van der Waals surface area contributed by atoms with Crippen LogP contribution in [0.4, 0.5) is 5.82 Å². The summed E-state index contributed by atoms with van der Waals surface area (Å²) in [6.07, 6.45) is 0.802. The van der Waals surface area contributed by atoms with Crippen LogP contribution in [0.1, 0.15) is 6.42 Å². The molecule has 0 saturated heterocycles. The summed E-state index contributed by atoms with van der Waals surface area (Å²) in [6, 6.07) is 0. The topological polar surface area (TPSA) is 118 Å². The average molecular weight is 215 g/mol. The van der Waals surface area contributed by atoms with E-state index < -0.39 is 23.4 Å². The van der Waals surface area contributed by atoms with Crippen LogP contribution in [-0.4, -0.2) is 36.8 Å². The standard InChI is InChI=1S/C7H9N3O5/c11-5(1-7(12)13)2-9-3-6(8-4-9)10(14)15/h3-5,11H,1-2H2,(H,12,13). The number of imidazole rings is 1. The van der Waals surface area contributed by atoms with E-state index in [-0.39, 0.29) is 12.4 Å². The van der Waals surface area contributed by atoms with Gasteiger partial charge in [-0.1, -0.05) is 0 Å². The van der Waals surface area contributed by atoms with Gasteiger partial charge in [0.15, 0.2) is 0 Å². The first-order valence-corrected chi connectivity index (χ1v) is 4.05. The van der Waals surface area contributed by atoms with Gasteiger partial charge in [0, 0.05) is 0 Å². The van der Waals surface area contributed by atoms with Gasteiger partial charge in [0.2, 0.25) is 6.33 Å². The highest BCUT2D eigenvalue weighted by Crippen LogP contribution is 2.07. The highest BCUT2D eigenvalue weighted by Gasteiger charge is 2.14. The molecule has 0 radical (unpaired) electrons. The van der Waals surface area contributed by atoms with Crippen molar-refractivity contribution in [3.05, 3.63) is 22.6 Å². The van der Waals surface area contributed by atoms with E-state index in [0.717, 1.165) is 6.20 Å². The summed E-state index contributed by atoms with van der Waals surface area (Å²) in [5.74, 6) is -1.46. The van der Waals surface area contributed by atoms with Gasteiger partial charge in [0.25, 0.3) is 0 Å². The predicted octanol–water partition coefficient (Wildman–Crippen LogP) is -0.373. The molecular weight excluding hydrogens is 206 g/mol. The second kappa shape index (κ2) is 4.51. The maximum Gasteiger partial charge on any atom is 0.381 e. The zero-order valence-electron chi connectivity index (χ0n) is 7.61. The van der Waals surface area contributed by atoms with E-state index in [0.29, 0.717) is 0 Å². The maximum absolute atomic E-state index is 10.3. The molecule has 1 aromatic heterocycles. The molecule has 8 nitrogen and oxygen atoms in total. The fourth-order valence-corrected chi connectivity index (χ4v) is 1.05. The summed E-state index contributed by atoms with van der Waals surface area (Å²) in [7, 11) is 0. The van der Waals surface area contributed by atoms with E-state index in [1.165, 1.54) is 10.9 Å². The first kappa shape index (κ1) is 11.1. The van der Waals surface area contributed by atoms with Crippen molar-refractivity contribution in [1.82, 2.24) is 9.55 Å². The number of aromatic nitrogens is 2. The van der Waals surface area contributed by atoms with Crippen molar-refractivity contribution < 1.29 is 19.9 Å². The molecule has 1 unspecified atom stereocenters. The minimum atomic E-state index is -1.13. The van der Waals surface area contributed by atoms with Crippen LogP contribution in [0.5, 0.6) is 0 Å². The number of aliphatic carboxylic acids is 1. The lowest BCUT2D eigenvalue weighted by molar-refractivity contribution is -0.389. The number of hydrogen-bond donors (Lipinski definition) is 2. The highest BCUT2D eigenvalue weighted by atomic mass is 16.6. The number of carboxylic acids is 1. The van der Waals surface area contributed by atoms with E-state index in [2.05, 4.69) is 4.98 Å². The molecule has 8 heteroatoms. The molecule has 0 aliphatic rings. The third-order valence-electron chi connectivity index (χ3n) is 1.64. The molecule has 15 heavy (non-hydrogen) atoms. The van der Waals surface area contributed by atoms with E-state index in [1.54, 1.807) is 0 Å². The van der Waals surface area contributed by atoms with E-state index in [9.17, 15) is 20.0 Å². The van der Waals surface area contributed by atoms with Gasteiger partial charge in [-0.3, -0.25) is 4.79 Å². The lowest BCUT2D eigenvalue weighted by Crippen LogP contribution is -2.18. The molecule has 0 spiro atoms. The van der Waals surface area contributed by atoms with Crippen molar-refractivity contribution in [2.75, 3.05) is 0 Å². The largest absolute Gasteiger partial charge is 0.481 e. The van der Waals surface area contributed by atoms with E-state index in [4.69, 9.17) is 5.11 Å². The van der Waals surface area contributed by atoms with Gasteiger partial charge < -0.3 is 24.9 Å². The Morgan fingerprint density at radius 3 is 2.87 bits per heavy atom. The van der Waals surface area contributed by atoms with Crippen LogP contribution in [0.25, 0.3) is 0 Å². The lowest BCUT2D eigenvalue weighted by atomic mass is 10.2. The fraction of sp³-hybridized carbons (Fsp3) is 0.429. The van der Waals surface area contributed by atoms with Crippen LogP contribution in [0.3, 0.4) is 0 Å². The van der Waals surface area contributed by atoms with Gasteiger partial charge in [-0.15, -0.1) is 0 Å².